The molecule has 2 rings (SSSR count). The normalized spacial score (nSPS) is 9.75. The van der Waals surface area contributed by atoms with Gasteiger partial charge in [-0.3, -0.25) is 9.36 Å². The minimum Gasteiger partial charge on any atom is -0.284 e. The van der Waals surface area contributed by atoms with Crippen molar-refractivity contribution in [3.63, 3.8) is 0 Å². The van der Waals surface area contributed by atoms with Crippen molar-refractivity contribution in [2.75, 3.05) is 0 Å². The number of rotatable bonds is 1. The predicted molar refractivity (Wildman–Crippen MR) is 61.5 cm³/mol. The lowest BCUT2D eigenvalue weighted by Crippen LogP contribution is -2.19. The summed E-state index contributed by atoms with van der Waals surface area (Å²) in [5.74, 6) is 0. The van der Waals surface area contributed by atoms with Crippen LogP contribution in [0.1, 0.15) is 11.1 Å². The monoisotopic (exact) mass is 210 g/mol. The first-order valence-corrected chi connectivity index (χ1v) is 4.91. The molecule has 1 aromatic carbocycles. The van der Waals surface area contributed by atoms with Crippen molar-refractivity contribution in [1.29, 1.82) is 5.26 Å². The van der Waals surface area contributed by atoms with Crippen LogP contribution in [0.4, 0.5) is 0 Å². The molecule has 2 aromatic rings. The average molecular weight is 210 g/mol. The van der Waals surface area contributed by atoms with Gasteiger partial charge in [-0.1, -0.05) is 6.07 Å². The number of aryl methyl sites for hydroxylation is 1. The van der Waals surface area contributed by atoms with Crippen LogP contribution in [0, 0.1) is 18.3 Å². The first kappa shape index (κ1) is 10.2. The van der Waals surface area contributed by atoms with E-state index in [1.54, 1.807) is 48.0 Å². The van der Waals surface area contributed by atoms with Gasteiger partial charge >= 0.3 is 0 Å². The quantitative estimate of drug-likeness (QED) is 0.722. The number of benzene rings is 1. The second-order valence-corrected chi connectivity index (χ2v) is 3.53. The SMILES string of the molecule is Cc1cccn(-c2ccc(C#N)cc2)c1=O. The molecule has 0 fully saturated rings. The molecule has 0 amide bonds. The van der Waals surface area contributed by atoms with Gasteiger partial charge in [-0.25, -0.2) is 0 Å². The summed E-state index contributed by atoms with van der Waals surface area (Å²) in [6.45, 7) is 1.78. The van der Waals surface area contributed by atoms with Crippen LogP contribution in [0.3, 0.4) is 0 Å². The van der Waals surface area contributed by atoms with Crippen molar-refractivity contribution in [1.82, 2.24) is 4.57 Å². The fourth-order valence-corrected chi connectivity index (χ4v) is 1.50. The third-order valence-corrected chi connectivity index (χ3v) is 2.41. The Bertz CT molecular complexity index is 603. The molecule has 16 heavy (non-hydrogen) atoms. The molecule has 0 aliphatic heterocycles. The van der Waals surface area contributed by atoms with E-state index in [1.165, 1.54) is 0 Å². The lowest BCUT2D eigenvalue weighted by atomic mass is 10.2. The first-order valence-electron chi connectivity index (χ1n) is 4.91. The standard InChI is InChI=1S/C13H10N2O/c1-10-3-2-8-15(13(10)16)12-6-4-11(9-14)5-7-12/h2-8H,1H3. The third kappa shape index (κ3) is 1.73. The fourth-order valence-electron chi connectivity index (χ4n) is 1.50. The van der Waals surface area contributed by atoms with Crippen molar-refractivity contribution in [2.24, 2.45) is 0 Å². The van der Waals surface area contributed by atoms with E-state index < -0.39 is 0 Å². The minimum atomic E-state index is -0.0350. The zero-order valence-corrected chi connectivity index (χ0v) is 8.84. The van der Waals surface area contributed by atoms with E-state index in [-0.39, 0.29) is 5.56 Å². The lowest BCUT2D eigenvalue weighted by molar-refractivity contribution is 0.970. The van der Waals surface area contributed by atoms with Crippen LogP contribution in [0.15, 0.2) is 47.4 Å². The van der Waals surface area contributed by atoms with E-state index in [0.29, 0.717) is 11.1 Å². The number of nitriles is 1. The maximum absolute atomic E-state index is 11.8. The van der Waals surface area contributed by atoms with Crippen LogP contribution in [0.5, 0.6) is 0 Å². The highest BCUT2D eigenvalue weighted by molar-refractivity contribution is 5.39. The summed E-state index contributed by atoms with van der Waals surface area (Å²) in [6, 6.07) is 12.6. The Balaban J connectivity index is 2.56. The summed E-state index contributed by atoms with van der Waals surface area (Å²) in [5.41, 5.74) is 2.02. The topological polar surface area (TPSA) is 45.8 Å². The van der Waals surface area contributed by atoms with Gasteiger partial charge in [0.1, 0.15) is 0 Å². The van der Waals surface area contributed by atoms with E-state index in [4.69, 9.17) is 5.26 Å². The summed E-state index contributed by atoms with van der Waals surface area (Å²) >= 11 is 0. The molecule has 1 aromatic heterocycles. The van der Waals surface area contributed by atoms with Gasteiger partial charge in [-0.05, 0) is 37.3 Å². The van der Waals surface area contributed by atoms with E-state index in [0.717, 1.165) is 5.69 Å². The van der Waals surface area contributed by atoms with Crippen molar-refractivity contribution < 1.29 is 0 Å². The molecule has 0 radical (unpaired) electrons. The van der Waals surface area contributed by atoms with Gasteiger partial charge in [0.15, 0.2) is 0 Å². The number of hydrogen-bond acceptors (Lipinski definition) is 2. The van der Waals surface area contributed by atoms with Crippen LogP contribution in [0.2, 0.25) is 0 Å². The highest BCUT2D eigenvalue weighted by Crippen LogP contribution is 2.07. The second-order valence-electron chi connectivity index (χ2n) is 3.53. The number of aromatic nitrogens is 1. The van der Waals surface area contributed by atoms with E-state index in [2.05, 4.69) is 0 Å². The molecular weight excluding hydrogens is 200 g/mol. The van der Waals surface area contributed by atoms with Gasteiger partial charge < -0.3 is 0 Å². The Hall–Kier alpha value is -2.34. The summed E-state index contributed by atoms with van der Waals surface area (Å²) in [4.78, 5) is 11.8. The average Bonchev–Trinajstić information content (AvgIpc) is 2.33. The van der Waals surface area contributed by atoms with Gasteiger partial charge in [0, 0.05) is 17.4 Å². The Morgan fingerprint density at radius 2 is 1.88 bits per heavy atom. The fraction of sp³-hybridized carbons (Fsp3) is 0.0769. The highest BCUT2D eigenvalue weighted by atomic mass is 16.1. The van der Waals surface area contributed by atoms with Gasteiger partial charge in [0.2, 0.25) is 0 Å². The summed E-state index contributed by atoms with van der Waals surface area (Å²) < 4.78 is 1.57. The van der Waals surface area contributed by atoms with Gasteiger partial charge in [-0.15, -0.1) is 0 Å². The maximum atomic E-state index is 11.8. The van der Waals surface area contributed by atoms with Gasteiger partial charge in [0.25, 0.3) is 5.56 Å². The summed E-state index contributed by atoms with van der Waals surface area (Å²) in [6.07, 6.45) is 1.72. The van der Waals surface area contributed by atoms with Crippen LogP contribution < -0.4 is 5.56 Å². The van der Waals surface area contributed by atoms with Crippen molar-refractivity contribution in [3.05, 3.63) is 64.1 Å². The highest BCUT2D eigenvalue weighted by Gasteiger charge is 2.00. The Kier molecular flexibility index (Phi) is 2.57. The Labute approximate surface area is 93.2 Å². The Morgan fingerprint density at radius 3 is 2.50 bits per heavy atom. The van der Waals surface area contributed by atoms with Crippen LogP contribution >= 0.6 is 0 Å². The second kappa shape index (κ2) is 4.03. The molecule has 0 aliphatic rings. The first-order chi connectivity index (χ1) is 7.72. The van der Waals surface area contributed by atoms with Crippen molar-refractivity contribution in [2.45, 2.75) is 6.92 Å². The molecule has 0 spiro atoms. The minimum absolute atomic E-state index is 0.0350. The number of nitrogens with zero attached hydrogens (tertiary/aromatic N) is 2. The number of hydrogen-bond donors (Lipinski definition) is 0. The molecule has 3 nitrogen and oxygen atoms in total. The zero-order valence-electron chi connectivity index (χ0n) is 8.84. The zero-order chi connectivity index (χ0) is 11.5. The van der Waals surface area contributed by atoms with Gasteiger partial charge in [0.05, 0.1) is 11.6 Å². The molecule has 0 saturated carbocycles. The summed E-state index contributed by atoms with van der Waals surface area (Å²) in [7, 11) is 0. The third-order valence-electron chi connectivity index (χ3n) is 2.41. The number of pyridine rings is 1. The molecule has 3 heteroatoms. The molecule has 78 valence electrons. The van der Waals surface area contributed by atoms with E-state index in [1.807, 2.05) is 12.1 Å². The largest absolute Gasteiger partial charge is 0.284 e. The Morgan fingerprint density at radius 1 is 1.19 bits per heavy atom. The van der Waals surface area contributed by atoms with E-state index in [9.17, 15) is 4.79 Å². The lowest BCUT2D eigenvalue weighted by Gasteiger charge is -2.05. The molecule has 0 unspecified atom stereocenters. The molecule has 0 atom stereocenters. The van der Waals surface area contributed by atoms with Gasteiger partial charge in [-0.2, -0.15) is 5.26 Å². The predicted octanol–water partition coefficient (Wildman–Crippen LogP) is 2.02. The molecule has 0 aliphatic carbocycles. The molecule has 1 heterocycles. The maximum Gasteiger partial charge on any atom is 0.257 e. The van der Waals surface area contributed by atoms with Crippen molar-refractivity contribution in [3.8, 4) is 11.8 Å². The smallest absolute Gasteiger partial charge is 0.257 e. The summed E-state index contributed by atoms with van der Waals surface area (Å²) in [5, 5.41) is 8.68. The molecule has 0 N–H and O–H groups in total. The van der Waals surface area contributed by atoms with E-state index >= 15 is 0 Å². The van der Waals surface area contributed by atoms with Crippen molar-refractivity contribution >= 4 is 0 Å². The molecular formula is C13H10N2O. The van der Waals surface area contributed by atoms with Crippen LogP contribution in [-0.2, 0) is 0 Å². The van der Waals surface area contributed by atoms with Crippen LogP contribution in [-0.4, -0.2) is 4.57 Å². The molecule has 0 bridgehead atoms. The van der Waals surface area contributed by atoms with Crippen LogP contribution in [0.25, 0.3) is 5.69 Å². The molecule has 0 saturated heterocycles.